The fraction of sp³-hybridized carbons (Fsp3) is 0.667. The smallest absolute Gasteiger partial charge is 0.141 e. The first kappa shape index (κ1) is 15.2. The minimum Gasteiger partial charge on any atom is -0.495 e. The van der Waals surface area contributed by atoms with Crippen LogP contribution in [-0.2, 0) is 0 Å². The second-order valence-corrected chi connectivity index (χ2v) is 7.16. The van der Waals surface area contributed by atoms with Crippen LogP contribution < -0.4 is 10.1 Å². The molecule has 2 nitrogen and oxygen atoms in total. The van der Waals surface area contributed by atoms with Crippen LogP contribution in [0.4, 0.5) is 5.69 Å². The van der Waals surface area contributed by atoms with Crippen LogP contribution in [0, 0.1) is 17.3 Å². The van der Waals surface area contributed by atoms with Crippen molar-refractivity contribution in [3.63, 3.8) is 0 Å². The average molecular weight is 275 g/mol. The van der Waals surface area contributed by atoms with Gasteiger partial charge in [-0.15, -0.1) is 0 Å². The van der Waals surface area contributed by atoms with Crippen LogP contribution in [0.5, 0.6) is 5.75 Å². The first-order valence-corrected chi connectivity index (χ1v) is 7.87. The lowest BCUT2D eigenvalue weighted by atomic mass is 9.70. The Balaban J connectivity index is 1.82. The highest BCUT2D eigenvalue weighted by atomic mass is 16.5. The quantitative estimate of drug-likeness (QED) is 0.838. The molecule has 0 bridgehead atoms. The normalized spacial score (nSPS) is 23.4. The highest BCUT2D eigenvalue weighted by Crippen LogP contribution is 2.39. The van der Waals surface area contributed by atoms with Crippen LogP contribution >= 0.6 is 0 Å². The number of benzene rings is 1. The molecule has 0 aromatic heterocycles. The van der Waals surface area contributed by atoms with Crippen molar-refractivity contribution < 1.29 is 4.74 Å². The molecule has 0 aliphatic heterocycles. The van der Waals surface area contributed by atoms with Gasteiger partial charge in [-0.1, -0.05) is 32.9 Å². The molecule has 1 aromatic rings. The van der Waals surface area contributed by atoms with E-state index in [1.54, 1.807) is 7.11 Å². The number of rotatable bonds is 4. The van der Waals surface area contributed by atoms with Crippen LogP contribution in [0.15, 0.2) is 24.3 Å². The molecule has 1 N–H and O–H groups in total. The van der Waals surface area contributed by atoms with Crippen LogP contribution in [0.25, 0.3) is 0 Å². The standard InChI is InChI=1S/C18H29NO/c1-18(2,3)15-11-9-14(10-12-15)13-19-16-7-5-6-8-17(16)20-4/h5-8,14-15,19H,9-13H2,1-4H3. The Morgan fingerprint density at radius 2 is 1.75 bits per heavy atom. The van der Waals surface area contributed by atoms with Gasteiger partial charge in [0.25, 0.3) is 0 Å². The number of ether oxygens (including phenoxy) is 1. The molecule has 0 unspecified atom stereocenters. The number of hydrogen-bond acceptors (Lipinski definition) is 2. The summed E-state index contributed by atoms with van der Waals surface area (Å²) < 4.78 is 5.38. The summed E-state index contributed by atoms with van der Waals surface area (Å²) in [7, 11) is 1.73. The summed E-state index contributed by atoms with van der Waals surface area (Å²) in [6, 6.07) is 8.18. The van der Waals surface area contributed by atoms with E-state index in [-0.39, 0.29) is 0 Å². The van der Waals surface area contributed by atoms with Gasteiger partial charge in [-0.3, -0.25) is 0 Å². The van der Waals surface area contributed by atoms with Crippen LogP contribution in [0.2, 0.25) is 0 Å². The Bertz CT molecular complexity index is 414. The van der Waals surface area contributed by atoms with Crippen LogP contribution in [0.1, 0.15) is 46.5 Å². The molecule has 1 aliphatic carbocycles. The van der Waals surface area contributed by atoms with Gasteiger partial charge in [0.15, 0.2) is 0 Å². The predicted octanol–water partition coefficient (Wildman–Crippen LogP) is 4.96. The molecule has 0 amide bonds. The molecule has 0 atom stereocenters. The maximum absolute atomic E-state index is 5.38. The topological polar surface area (TPSA) is 21.3 Å². The molecule has 1 aliphatic rings. The third-order valence-corrected chi connectivity index (χ3v) is 4.76. The van der Waals surface area contributed by atoms with Gasteiger partial charge < -0.3 is 10.1 Å². The predicted molar refractivity (Wildman–Crippen MR) is 86.4 cm³/mol. The largest absolute Gasteiger partial charge is 0.495 e. The van der Waals surface area contributed by atoms with E-state index in [0.717, 1.165) is 29.8 Å². The summed E-state index contributed by atoms with van der Waals surface area (Å²) >= 11 is 0. The van der Waals surface area contributed by atoms with E-state index in [2.05, 4.69) is 38.2 Å². The highest BCUT2D eigenvalue weighted by Gasteiger charge is 2.29. The Labute approximate surface area is 123 Å². The van der Waals surface area contributed by atoms with Crippen molar-refractivity contribution in [1.82, 2.24) is 0 Å². The lowest BCUT2D eigenvalue weighted by Crippen LogP contribution is -2.28. The molecule has 112 valence electrons. The Morgan fingerprint density at radius 3 is 2.35 bits per heavy atom. The molecular weight excluding hydrogens is 246 g/mol. The van der Waals surface area contributed by atoms with Gasteiger partial charge in [0.05, 0.1) is 12.8 Å². The van der Waals surface area contributed by atoms with Crippen molar-refractivity contribution in [1.29, 1.82) is 0 Å². The summed E-state index contributed by atoms with van der Waals surface area (Å²) in [5, 5.41) is 3.56. The van der Waals surface area contributed by atoms with E-state index in [1.165, 1.54) is 25.7 Å². The van der Waals surface area contributed by atoms with Crippen molar-refractivity contribution in [2.24, 2.45) is 17.3 Å². The summed E-state index contributed by atoms with van der Waals surface area (Å²) in [4.78, 5) is 0. The number of para-hydroxylation sites is 2. The van der Waals surface area contributed by atoms with E-state index < -0.39 is 0 Å². The number of methoxy groups -OCH3 is 1. The van der Waals surface area contributed by atoms with Crippen molar-refractivity contribution >= 4 is 5.69 Å². The van der Waals surface area contributed by atoms with Gasteiger partial charge in [-0.05, 0) is 55.1 Å². The zero-order valence-corrected chi connectivity index (χ0v) is 13.4. The summed E-state index contributed by atoms with van der Waals surface area (Å²) in [6.07, 6.45) is 5.46. The zero-order valence-electron chi connectivity index (χ0n) is 13.4. The minimum atomic E-state index is 0.473. The molecule has 2 rings (SSSR count). The molecule has 1 aromatic carbocycles. The van der Waals surface area contributed by atoms with Gasteiger partial charge in [-0.2, -0.15) is 0 Å². The number of anilines is 1. The lowest BCUT2D eigenvalue weighted by molar-refractivity contribution is 0.153. The van der Waals surface area contributed by atoms with E-state index in [0.29, 0.717) is 5.41 Å². The monoisotopic (exact) mass is 275 g/mol. The fourth-order valence-corrected chi connectivity index (χ4v) is 3.28. The van der Waals surface area contributed by atoms with Crippen molar-refractivity contribution in [3.8, 4) is 5.75 Å². The van der Waals surface area contributed by atoms with Crippen molar-refractivity contribution in [3.05, 3.63) is 24.3 Å². The first-order valence-electron chi connectivity index (χ1n) is 7.87. The third kappa shape index (κ3) is 3.91. The molecule has 0 saturated heterocycles. The zero-order chi connectivity index (χ0) is 14.6. The van der Waals surface area contributed by atoms with Gasteiger partial charge in [0.1, 0.15) is 5.75 Å². The number of nitrogens with one attached hydrogen (secondary N) is 1. The Morgan fingerprint density at radius 1 is 1.10 bits per heavy atom. The Kier molecular flexibility index (Phi) is 4.95. The van der Waals surface area contributed by atoms with Gasteiger partial charge in [0, 0.05) is 6.54 Å². The van der Waals surface area contributed by atoms with Crippen LogP contribution in [0.3, 0.4) is 0 Å². The average Bonchev–Trinajstić information content (AvgIpc) is 2.45. The second kappa shape index (κ2) is 6.51. The second-order valence-electron chi connectivity index (χ2n) is 7.16. The lowest BCUT2D eigenvalue weighted by Gasteiger charge is -2.37. The minimum absolute atomic E-state index is 0.473. The van der Waals surface area contributed by atoms with Gasteiger partial charge >= 0.3 is 0 Å². The van der Waals surface area contributed by atoms with E-state index in [4.69, 9.17) is 4.74 Å². The summed E-state index contributed by atoms with van der Waals surface area (Å²) in [6.45, 7) is 8.21. The molecule has 20 heavy (non-hydrogen) atoms. The van der Waals surface area contributed by atoms with Crippen LogP contribution in [-0.4, -0.2) is 13.7 Å². The summed E-state index contributed by atoms with van der Waals surface area (Å²) in [5.74, 6) is 2.64. The first-order chi connectivity index (χ1) is 9.50. The van der Waals surface area contributed by atoms with Crippen molar-refractivity contribution in [2.45, 2.75) is 46.5 Å². The van der Waals surface area contributed by atoms with Gasteiger partial charge in [-0.25, -0.2) is 0 Å². The number of hydrogen-bond donors (Lipinski definition) is 1. The molecule has 1 saturated carbocycles. The van der Waals surface area contributed by atoms with E-state index in [9.17, 15) is 0 Å². The van der Waals surface area contributed by atoms with Crippen molar-refractivity contribution in [2.75, 3.05) is 19.0 Å². The fourth-order valence-electron chi connectivity index (χ4n) is 3.28. The van der Waals surface area contributed by atoms with Gasteiger partial charge in [0.2, 0.25) is 0 Å². The van der Waals surface area contributed by atoms with E-state index in [1.807, 2.05) is 12.1 Å². The van der Waals surface area contributed by atoms with E-state index >= 15 is 0 Å². The SMILES string of the molecule is COc1ccccc1NCC1CCC(C(C)(C)C)CC1. The highest BCUT2D eigenvalue weighted by molar-refractivity contribution is 5.56. The summed E-state index contributed by atoms with van der Waals surface area (Å²) in [5.41, 5.74) is 1.59. The molecule has 0 heterocycles. The molecule has 0 spiro atoms. The molecule has 2 heteroatoms. The third-order valence-electron chi connectivity index (χ3n) is 4.76. The maximum atomic E-state index is 5.38. The Hall–Kier alpha value is -1.18. The molecular formula is C18H29NO. The molecule has 1 fully saturated rings. The molecule has 0 radical (unpaired) electrons. The maximum Gasteiger partial charge on any atom is 0.141 e.